The first kappa shape index (κ1) is 23.3. The van der Waals surface area contributed by atoms with E-state index in [1.165, 1.54) is 51.4 Å². The van der Waals surface area contributed by atoms with Gasteiger partial charge in [-0.15, -0.1) is 0 Å². The smallest absolute Gasteiger partial charge is 0.137 e. The number of hydrogen-bond acceptors (Lipinski definition) is 3. The molecule has 1 heterocycles. The molecule has 0 spiro atoms. The van der Waals surface area contributed by atoms with Gasteiger partial charge >= 0.3 is 0 Å². The lowest BCUT2D eigenvalue weighted by atomic mass is 10.0. The second-order valence-electron chi connectivity index (χ2n) is 8.08. The zero-order valence-corrected chi connectivity index (χ0v) is 18.7. The van der Waals surface area contributed by atoms with Gasteiger partial charge in [0.1, 0.15) is 11.5 Å². The van der Waals surface area contributed by atoms with Crippen LogP contribution in [0.3, 0.4) is 0 Å². The van der Waals surface area contributed by atoms with E-state index in [9.17, 15) is 0 Å². The van der Waals surface area contributed by atoms with Crippen molar-refractivity contribution < 1.29 is 9.47 Å². The summed E-state index contributed by atoms with van der Waals surface area (Å²) >= 11 is 0. The lowest BCUT2D eigenvalue weighted by Gasteiger charge is -2.13. The molecule has 1 aromatic heterocycles. The maximum atomic E-state index is 5.97. The van der Waals surface area contributed by atoms with E-state index in [-0.39, 0.29) is 0 Å². The molecule has 0 aliphatic rings. The van der Waals surface area contributed by atoms with Gasteiger partial charge in [-0.3, -0.25) is 4.98 Å². The number of unbranched alkanes of at least 4 members (excludes halogenated alkanes) is 6. The van der Waals surface area contributed by atoms with Gasteiger partial charge in [-0.1, -0.05) is 65.7 Å². The number of hydrogen-bond donors (Lipinski definition) is 0. The summed E-state index contributed by atoms with van der Waals surface area (Å²) in [4.78, 5) is 4.55. The molecule has 29 heavy (non-hydrogen) atoms. The summed E-state index contributed by atoms with van der Waals surface area (Å²) in [5, 5.41) is 0. The Kier molecular flexibility index (Phi) is 11.3. The average Bonchev–Trinajstić information content (AvgIpc) is 2.76. The van der Waals surface area contributed by atoms with E-state index >= 15 is 0 Å². The molecule has 1 unspecified atom stereocenters. The molecule has 2 aromatic rings. The standard InChI is InChI=1S/C26H39NO2/c1-4-6-8-10-12-22(3)21-29-24-15-13-23(14-16-24)26-18-17-25(20-27-26)28-19-11-9-7-5-2/h13-18,20,22H,4-12,19,21H2,1-3H3. The summed E-state index contributed by atoms with van der Waals surface area (Å²) in [6, 6.07) is 12.3. The Labute approximate surface area is 177 Å². The third-order valence-corrected chi connectivity index (χ3v) is 5.24. The maximum Gasteiger partial charge on any atom is 0.137 e. The predicted octanol–water partition coefficient (Wildman–Crippen LogP) is 7.69. The number of nitrogens with zero attached hydrogens (tertiary/aromatic N) is 1. The molecule has 0 bridgehead atoms. The largest absolute Gasteiger partial charge is 0.493 e. The summed E-state index contributed by atoms with van der Waals surface area (Å²) < 4.78 is 11.7. The zero-order chi connectivity index (χ0) is 20.7. The van der Waals surface area contributed by atoms with E-state index in [2.05, 4.69) is 37.9 Å². The van der Waals surface area contributed by atoms with Gasteiger partial charge in [0.2, 0.25) is 0 Å². The molecule has 0 amide bonds. The first-order valence-electron chi connectivity index (χ1n) is 11.5. The van der Waals surface area contributed by atoms with Gasteiger partial charge in [0.05, 0.1) is 25.1 Å². The highest BCUT2D eigenvalue weighted by Crippen LogP contribution is 2.23. The van der Waals surface area contributed by atoms with Gasteiger partial charge in [-0.2, -0.15) is 0 Å². The van der Waals surface area contributed by atoms with Crippen molar-refractivity contribution in [2.24, 2.45) is 5.92 Å². The number of rotatable bonds is 15. The molecule has 0 fully saturated rings. The van der Waals surface area contributed by atoms with Crippen molar-refractivity contribution in [2.45, 2.75) is 78.6 Å². The number of ether oxygens (including phenoxy) is 2. The summed E-state index contributed by atoms with van der Waals surface area (Å²) in [5.74, 6) is 2.38. The van der Waals surface area contributed by atoms with Crippen molar-refractivity contribution >= 4 is 0 Å². The minimum atomic E-state index is 0.600. The number of pyridine rings is 1. The molecule has 160 valence electrons. The highest BCUT2D eigenvalue weighted by Gasteiger charge is 2.05. The Morgan fingerprint density at radius 3 is 2.10 bits per heavy atom. The third-order valence-electron chi connectivity index (χ3n) is 5.24. The van der Waals surface area contributed by atoms with E-state index in [0.29, 0.717) is 5.92 Å². The molecule has 3 heteroatoms. The van der Waals surface area contributed by atoms with Crippen LogP contribution in [0.25, 0.3) is 11.3 Å². The van der Waals surface area contributed by atoms with Crippen molar-refractivity contribution in [3.05, 3.63) is 42.6 Å². The van der Waals surface area contributed by atoms with Crippen LogP contribution in [-0.2, 0) is 0 Å². The summed E-state index contributed by atoms with van der Waals surface area (Å²) in [5.41, 5.74) is 2.05. The number of aromatic nitrogens is 1. The second-order valence-corrected chi connectivity index (χ2v) is 8.08. The van der Waals surface area contributed by atoms with Crippen LogP contribution in [-0.4, -0.2) is 18.2 Å². The van der Waals surface area contributed by atoms with E-state index in [0.717, 1.165) is 42.4 Å². The molecular weight excluding hydrogens is 358 g/mol. The van der Waals surface area contributed by atoms with Crippen molar-refractivity contribution in [3.8, 4) is 22.8 Å². The fraction of sp³-hybridized carbons (Fsp3) is 0.577. The van der Waals surface area contributed by atoms with E-state index in [4.69, 9.17) is 9.47 Å². The molecule has 0 saturated heterocycles. The first-order valence-corrected chi connectivity index (χ1v) is 11.5. The Hall–Kier alpha value is -2.03. The van der Waals surface area contributed by atoms with Crippen LogP contribution in [0.1, 0.15) is 78.6 Å². The highest BCUT2D eigenvalue weighted by atomic mass is 16.5. The van der Waals surface area contributed by atoms with Crippen molar-refractivity contribution in [1.82, 2.24) is 4.98 Å². The molecule has 1 aromatic carbocycles. The average molecular weight is 398 g/mol. The van der Waals surface area contributed by atoms with Crippen LogP contribution in [0.5, 0.6) is 11.5 Å². The minimum Gasteiger partial charge on any atom is -0.493 e. The molecule has 0 aliphatic heterocycles. The van der Waals surface area contributed by atoms with Crippen molar-refractivity contribution in [1.29, 1.82) is 0 Å². The Bertz CT molecular complexity index is 651. The van der Waals surface area contributed by atoms with E-state index in [1.807, 2.05) is 30.5 Å². The molecule has 0 saturated carbocycles. The van der Waals surface area contributed by atoms with Gasteiger partial charge in [0, 0.05) is 5.56 Å². The van der Waals surface area contributed by atoms with Crippen LogP contribution in [0.15, 0.2) is 42.6 Å². The molecular formula is C26H39NO2. The fourth-order valence-corrected chi connectivity index (χ4v) is 3.32. The Morgan fingerprint density at radius 1 is 0.759 bits per heavy atom. The van der Waals surface area contributed by atoms with E-state index < -0.39 is 0 Å². The summed E-state index contributed by atoms with van der Waals surface area (Å²) in [7, 11) is 0. The van der Waals surface area contributed by atoms with Gasteiger partial charge in [-0.05, 0) is 55.2 Å². The zero-order valence-electron chi connectivity index (χ0n) is 18.7. The van der Waals surface area contributed by atoms with Gasteiger partial charge in [0.15, 0.2) is 0 Å². The van der Waals surface area contributed by atoms with Crippen molar-refractivity contribution in [3.63, 3.8) is 0 Å². The molecule has 2 rings (SSSR count). The Balaban J connectivity index is 1.74. The molecule has 3 nitrogen and oxygen atoms in total. The predicted molar refractivity (Wildman–Crippen MR) is 123 cm³/mol. The lowest BCUT2D eigenvalue weighted by Crippen LogP contribution is -2.08. The summed E-state index contributed by atoms with van der Waals surface area (Å²) in [6.07, 6.45) is 13.2. The SMILES string of the molecule is CCCCCCOc1ccc(-c2ccc(OCC(C)CCCCCC)cc2)nc1. The second kappa shape index (κ2) is 14.0. The molecule has 0 N–H and O–H groups in total. The minimum absolute atomic E-state index is 0.600. The fourth-order valence-electron chi connectivity index (χ4n) is 3.32. The van der Waals surface area contributed by atoms with Crippen LogP contribution in [0.4, 0.5) is 0 Å². The topological polar surface area (TPSA) is 31.4 Å². The highest BCUT2D eigenvalue weighted by molar-refractivity contribution is 5.60. The van der Waals surface area contributed by atoms with Crippen LogP contribution in [0.2, 0.25) is 0 Å². The van der Waals surface area contributed by atoms with Crippen LogP contribution >= 0.6 is 0 Å². The third kappa shape index (κ3) is 9.34. The maximum absolute atomic E-state index is 5.97. The van der Waals surface area contributed by atoms with Crippen LogP contribution < -0.4 is 9.47 Å². The van der Waals surface area contributed by atoms with Crippen LogP contribution in [0, 0.1) is 5.92 Å². The normalized spacial score (nSPS) is 12.0. The van der Waals surface area contributed by atoms with Gasteiger partial charge < -0.3 is 9.47 Å². The van der Waals surface area contributed by atoms with E-state index in [1.54, 1.807) is 0 Å². The molecule has 0 radical (unpaired) electrons. The van der Waals surface area contributed by atoms with Gasteiger partial charge in [0.25, 0.3) is 0 Å². The quantitative estimate of drug-likeness (QED) is 0.289. The molecule has 0 aliphatic carbocycles. The number of benzene rings is 1. The van der Waals surface area contributed by atoms with Gasteiger partial charge in [-0.25, -0.2) is 0 Å². The lowest BCUT2D eigenvalue weighted by molar-refractivity contribution is 0.249. The van der Waals surface area contributed by atoms with Crippen molar-refractivity contribution in [2.75, 3.05) is 13.2 Å². The Morgan fingerprint density at radius 2 is 1.45 bits per heavy atom. The monoisotopic (exact) mass is 397 g/mol. The molecule has 1 atom stereocenters. The summed E-state index contributed by atoms with van der Waals surface area (Å²) in [6.45, 7) is 8.30. The first-order chi connectivity index (χ1) is 14.2.